The molecule has 0 heterocycles. The van der Waals surface area contributed by atoms with Crippen molar-refractivity contribution in [2.45, 2.75) is 4.75 Å². The lowest BCUT2D eigenvalue weighted by atomic mass is 9.93. The van der Waals surface area contributed by atoms with E-state index in [-0.39, 0.29) is 11.6 Å². The monoisotopic (exact) mass is 279 g/mol. The van der Waals surface area contributed by atoms with Gasteiger partial charge in [-0.15, -0.1) is 0 Å². The van der Waals surface area contributed by atoms with Crippen molar-refractivity contribution in [1.29, 1.82) is 5.26 Å². The number of hydrogen-bond donors (Lipinski definition) is 0. The summed E-state index contributed by atoms with van der Waals surface area (Å²) in [6.45, 7) is 0. The van der Waals surface area contributed by atoms with E-state index < -0.39 is 4.75 Å². The Morgan fingerprint density at radius 2 is 1.35 bits per heavy atom. The maximum absolute atomic E-state index is 12.7. The molecule has 20 heavy (non-hydrogen) atoms. The van der Waals surface area contributed by atoms with Crippen molar-refractivity contribution >= 4 is 23.3 Å². The minimum absolute atomic E-state index is 0.309. The number of hydrogen-bond acceptors (Lipinski definition) is 4. The zero-order valence-electron chi connectivity index (χ0n) is 10.4. The molecular formula is C16H9NO2S. The van der Waals surface area contributed by atoms with E-state index in [1.807, 2.05) is 11.5 Å². The quantitative estimate of drug-likeness (QED) is 0.626. The van der Waals surface area contributed by atoms with Gasteiger partial charge in [0.15, 0.2) is 16.3 Å². The number of nitriles is 1. The number of carbonyl (C=O) groups is 2. The molecule has 1 aliphatic rings. The van der Waals surface area contributed by atoms with Crippen LogP contribution in [0.15, 0.2) is 54.6 Å². The summed E-state index contributed by atoms with van der Waals surface area (Å²) in [5.74, 6) is -0.619. The van der Waals surface area contributed by atoms with Crippen LogP contribution in [0.2, 0.25) is 0 Å². The average molecular weight is 279 g/mol. The predicted octanol–water partition coefficient (Wildman–Crippen LogP) is 3.18. The van der Waals surface area contributed by atoms with Crippen molar-refractivity contribution in [3.8, 4) is 5.40 Å². The highest BCUT2D eigenvalue weighted by Gasteiger charge is 2.55. The van der Waals surface area contributed by atoms with E-state index in [9.17, 15) is 9.59 Å². The average Bonchev–Trinajstić information content (AvgIpc) is 2.72. The fourth-order valence-electron chi connectivity index (χ4n) is 2.52. The molecule has 2 aromatic rings. The van der Waals surface area contributed by atoms with Gasteiger partial charge in [0.1, 0.15) is 5.40 Å². The summed E-state index contributed by atoms with van der Waals surface area (Å²) in [5.41, 5.74) is 1.34. The molecular weight excluding hydrogens is 270 g/mol. The Bertz CT molecular complexity index is 712. The summed E-state index contributed by atoms with van der Waals surface area (Å²) in [6, 6.07) is 15.5. The summed E-state index contributed by atoms with van der Waals surface area (Å²) >= 11 is 0.719. The number of benzene rings is 2. The van der Waals surface area contributed by atoms with Gasteiger partial charge in [-0.2, -0.15) is 5.26 Å². The van der Waals surface area contributed by atoms with Gasteiger partial charge < -0.3 is 0 Å². The molecule has 3 nitrogen and oxygen atoms in total. The molecule has 4 heteroatoms. The molecule has 0 aromatic heterocycles. The van der Waals surface area contributed by atoms with Crippen LogP contribution in [0.3, 0.4) is 0 Å². The number of Topliss-reactive ketones (excluding diaryl/α,β-unsaturated/α-hetero) is 2. The molecule has 0 atom stereocenters. The highest BCUT2D eigenvalue weighted by atomic mass is 32.2. The van der Waals surface area contributed by atoms with Crippen molar-refractivity contribution in [2.24, 2.45) is 0 Å². The Morgan fingerprint density at radius 1 is 0.850 bits per heavy atom. The molecule has 0 spiro atoms. The van der Waals surface area contributed by atoms with Gasteiger partial charge in [-0.3, -0.25) is 9.59 Å². The lowest BCUT2D eigenvalue weighted by Gasteiger charge is -2.21. The number of carbonyl (C=O) groups excluding carboxylic acids is 2. The van der Waals surface area contributed by atoms with Gasteiger partial charge in [0, 0.05) is 11.1 Å². The van der Waals surface area contributed by atoms with E-state index in [4.69, 9.17) is 5.26 Å². The van der Waals surface area contributed by atoms with Crippen LogP contribution in [0, 0.1) is 10.7 Å². The number of ketones is 2. The Morgan fingerprint density at radius 3 is 1.85 bits per heavy atom. The van der Waals surface area contributed by atoms with Crippen molar-refractivity contribution in [3.63, 3.8) is 0 Å². The van der Waals surface area contributed by atoms with Crippen LogP contribution in [0.1, 0.15) is 26.3 Å². The lowest BCUT2D eigenvalue weighted by molar-refractivity contribution is 0.0867. The fraction of sp³-hybridized carbons (Fsp3) is 0.0625. The molecule has 0 saturated carbocycles. The topological polar surface area (TPSA) is 57.9 Å². The van der Waals surface area contributed by atoms with Crippen molar-refractivity contribution < 1.29 is 9.59 Å². The second-order valence-corrected chi connectivity index (χ2v) is 5.44. The Kier molecular flexibility index (Phi) is 2.92. The molecule has 0 saturated heterocycles. The van der Waals surface area contributed by atoms with E-state index in [0.29, 0.717) is 16.7 Å². The first-order valence-corrected chi connectivity index (χ1v) is 6.84. The summed E-state index contributed by atoms with van der Waals surface area (Å²) in [4.78, 5) is 25.5. The summed E-state index contributed by atoms with van der Waals surface area (Å²) in [5, 5.41) is 11.0. The Balaban J connectivity index is 2.28. The third kappa shape index (κ3) is 1.54. The van der Waals surface area contributed by atoms with E-state index >= 15 is 0 Å². The Labute approximate surface area is 120 Å². The maximum atomic E-state index is 12.7. The van der Waals surface area contributed by atoms with Crippen molar-refractivity contribution in [3.05, 3.63) is 71.3 Å². The largest absolute Gasteiger partial charge is 0.292 e. The van der Waals surface area contributed by atoms with Crippen LogP contribution in [-0.2, 0) is 4.75 Å². The standard InChI is InChI=1S/C16H9NO2S/c17-10-20-16(11-6-2-1-3-7-11)14(18)12-8-4-5-9-13(12)15(16)19/h1-9H. The van der Waals surface area contributed by atoms with Crippen LogP contribution in [0.25, 0.3) is 0 Å². The van der Waals surface area contributed by atoms with E-state index in [2.05, 4.69) is 0 Å². The number of rotatable bonds is 2. The second kappa shape index (κ2) is 4.62. The van der Waals surface area contributed by atoms with Gasteiger partial charge in [0.25, 0.3) is 0 Å². The van der Waals surface area contributed by atoms with E-state index in [1.54, 1.807) is 48.5 Å². The van der Waals surface area contributed by atoms with Crippen molar-refractivity contribution in [2.75, 3.05) is 0 Å². The first-order chi connectivity index (χ1) is 9.71. The molecule has 0 fully saturated rings. The molecule has 96 valence electrons. The molecule has 0 unspecified atom stereocenters. The van der Waals surface area contributed by atoms with Gasteiger partial charge in [-0.25, -0.2) is 0 Å². The minimum Gasteiger partial charge on any atom is -0.292 e. The van der Waals surface area contributed by atoms with Crippen LogP contribution >= 0.6 is 11.8 Å². The first-order valence-electron chi connectivity index (χ1n) is 6.03. The molecule has 0 aliphatic heterocycles. The first kappa shape index (κ1) is 12.6. The normalized spacial score (nSPS) is 15.8. The third-order valence-corrected chi connectivity index (χ3v) is 4.44. The summed E-state index contributed by atoms with van der Waals surface area (Å²) in [7, 11) is 0. The lowest BCUT2D eigenvalue weighted by Crippen LogP contribution is -2.34. The van der Waals surface area contributed by atoms with Crippen LogP contribution < -0.4 is 0 Å². The van der Waals surface area contributed by atoms with Crippen molar-refractivity contribution in [1.82, 2.24) is 0 Å². The van der Waals surface area contributed by atoms with Crippen LogP contribution in [0.4, 0.5) is 0 Å². The van der Waals surface area contributed by atoms with E-state index in [0.717, 1.165) is 11.8 Å². The molecule has 2 aromatic carbocycles. The third-order valence-electron chi connectivity index (χ3n) is 3.43. The minimum atomic E-state index is -1.46. The number of thiocyanates is 1. The van der Waals surface area contributed by atoms with E-state index in [1.165, 1.54) is 0 Å². The van der Waals surface area contributed by atoms with Crippen LogP contribution in [-0.4, -0.2) is 11.6 Å². The summed E-state index contributed by atoms with van der Waals surface area (Å²) < 4.78 is -1.46. The molecule has 1 aliphatic carbocycles. The fourth-order valence-corrected chi connectivity index (χ4v) is 3.31. The summed E-state index contributed by atoms with van der Waals surface area (Å²) in [6.07, 6.45) is 0. The maximum Gasteiger partial charge on any atom is 0.193 e. The molecule has 0 bridgehead atoms. The highest BCUT2D eigenvalue weighted by Crippen LogP contribution is 2.47. The number of nitrogens with zero attached hydrogens (tertiary/aromatic N) is 1. The van der Waals surface area contributed by atoms with Gasteiger partial charge >= 0.3 is 0 Å². The van der Waals surface area contributed by atoms with Gasteiger partial charge in [0.05, 0.1) is 0 Å². The van der Waals surface area contributed by atoms with Gasteiger partial charge in [-0.1, -0.05) is 54.6 Å². The molecule has 0 radical (unpaired) electrons. The number of fused-ring (bicyclic) bond motifs is 1. The van der Waals surface area contributed by atoms with Gasteiger partial charge in [-0.05, 0) is 17.3 Å². The molecule has 0 amide bonds. The Hall–Kier alpha value is -2.38. The van der Waals surface area contributed by atoms with Gasteiger partial charge in [0.2, 0.25) is 0 Å². The highest BCUT2D eigenvalue weighted by molar-refractivity contribution is 8.06. The van der Waals surface area contributed by atoms with Crippen LogP contribution in [0.5, 0.6) is 0 Å². The zero-order chi connectivity index (χ0) is 14.2. The predicted molar refractivity (Wildman–Crippen MR) is 76.4 cm³/mol. The molecule has 0 N–H and O–H groups in total. The zero-order valence-corrected chi connectivity index (χ0v) is 11.2. The molecule has 3 rings (SSSR count). The second-order valence-electron chi connectivity index (χ2n) is 4.44. The number of thioether (sulfide) groups is 1. The SMILES string of the molecule is N#CSC1(c2ccccc2)C(=O)c2ccccc2C1=O. The smallest absolute Gasteiger partial charge is 0.193 e.